The van der Waals surface area contributed by atoms with E-state index in [1.54, 1.807) is 19.2 Å². The van der Waals surface area contributed by atoms with E-state index < -0.39 is 12.1 Å². The third-order valence-electron chi connectivity index (χ3n) is 4.59. The average molecular weight is 444 g/mol. The van der Waals surface area contributed by atoms with Crippen molar-refractivity contribution in [1.82, 2.24) is 4.98 Å². The maximum atomic E-state index is 11.3. The van der Waals surface area contributed by atoms with Gasteiger partial charge in [0.15, 0.2) is 6.10 Å². The van der Waals surface area contributed by atoms with E-state index in [1.807, 2.05) is 50.2 Å². The van der Waals surface area contributed by atoms with Crippen LogP contribution in [0.3, 0.4) is 0 Å². The van der Waals surface area contributed by atoms with E-state index in [4.69, 9.17) is 25.8 Å². The van der Waals surface area contributed by atoms with Crippen LogP contribution in [-0.2, 0) is 22.6 Å². The third kappa shape index (κ3) is 6.09. The van der Waals surface area contributed by atoms with Gasteiger partial charge >= 0.3 is 5.97 Å². The van der Waals surface area contributed by atoms with Crippen LogP contribution in [0.25, 0.3) is 10.9 Å². The highest BCUT2D eigenvalue weighted by atomic mass is 35.5. The second-order valence-electron chi connectivity index (χ2n) is 7.36. The summed E-state index contributed by atoms with van der Waals surface area (Å²) in [5, 5.41) is 10.7. The van der Waals surface area contributed by atoms with Gasteiger partial charge in [-0.2, -0.15) is 0 Å². The number of ether oxygens (including phenoxy) is 3. The Balaban J connectivity index is 1.74. The molecule has 2 aromatic carbocycles. The molecule has 3 aromatic rings. The molecular formula is C24H26ClNO5. The topological polar surface area (TPSA) is 77.9 Å². The SMILES string of the molecule is CCOC(Cc1ccc(OCc2cnc3cc(Cl)ccc3c2OC(C)C)cc1)C(=O)O. The Morgan fingerprint density at radius 1 is 1.16 bits per heavy atom. The van der Waals surface area contributed by atoms with Gasteiger partial charge in [0.25, 0.3) is 0 Å². The number of hydrogen-bond acceptors (Lipinski definition) is 5. The van der Waals surface area contributed by atoms with E-state index in [0.717, 1.165) is 27.8 Å². The molecule has 0 bridgehead atoms. The largest absolute Gasteiger partial charge is 0.490 e. The van der Waals surface area contributed by atoms with Crippen LogP contribution in [0.4, 0.5) is 0 Å². The number of aliphatic carboxylic acids is 1. The number of hydrogen-bond donors (Lipinski definition) is 1. The number of nitrogens with zero attached hydrogens (tertiary/aromatic N) is 1. The molecule has 1 unspecified atom stereocenters. The van der Waals surface area contributed by atoms with E-state index in [9.17, 15) is 9.90 Å². The van der Waals surface area contributed by atoms with Crippen LogP contribution < -0.4 is 9.47 Å². The lowest BCUT2D eigenvalue weighted by atomic mass is 10.1. The lowest BCUT2D eigenvalue weighted by Gasteiger charge is -2.17. The van der Waals surface area contributed by atoms with Gasteiger partial charge in [0.05, 0.1) is 17.2 Å². The second kappa shape index (κ2) is 10.5. The maximum absolute atomic E-state index is 11.3. The van der Waals surface area contributed by atoms with Gasteiger partial charge in [-0.25, -0.2) is 4.79 Å². The number of aromatic nitrogens is 1. The molecule has 1 heterocycles. The molecule has 6 nitrogen and oxygen atoms in total. The van der Waals surface area contributed by atoms with Crippen molar-refractivity contribution < 1.29 is 24.1 Å². The second-order valence-corrected chi connectivity index (χ2v) is 7.80. The minimum Gasteiger partial charge on any atom is -0.490 e. The third-order valence-corrected chi connectivity index (χ3v) is 4.83. The summed E-state index contributed by atoms with van der Waals surface area (Å²) in [5.41, 5.74) is 2.45. The molecule has 0 spiro atoms. The van der Waals surface area contributed by atoms with Gasteiger partial charge in [-0.15, -0.1) is 0 Å². The first-order valence-electron chi connectivity index (χ1n) is 10.2. The molecule has 1 atom stereocenters. The van der Waals surface area contributed by atoms with Crippen molar-refractivity contribution in [2.75, 3.05) is 6.61 Å². The number of carboxylic acids is 1. The average Bonchev–Trinajstić information content (AvgIpc) is 2.73. The first-order valence-corrected chi connectivity index (χ1v) is 10.5. The molecule has 0 aliphatic rings. The first-order chi connectivity index (χ1) is 14.9. The highest BCUT2D eigenvalue weighted by Gasteiger charge is 2.18. The zero-order valence-corrected chi connectivity index (χ0v) is 18.6. The summed E-state index contributed by atoms with van der Waals surface area (Å²) >= 11 is 6.09. The van der Waals surface area contributed by atoms with Gasteiger partial charge in [-0.05, 0) is 56.7 Å². The molecule has 0 radical (unpaired) electrons. The smallest absolute Gasteiger partial charge is 0.333 e. The van der Waals surface area contributed by atoms with Gasteiger partial charge in [-0.3, -0.25) is 4.98 Å². The molecule has 7 heteroatoms. The molecule has 0 fully saturated rings. The van der Waals surface area contributed by atoms with E-state index in [0.29, 0.717) is 23.8 Å². The standard InChI is InChI=1S/C24H26ClNO5/c1-4-29-22(24(27)28)11-16-5-8-19(9-6-16)30-14-17-13-26-21-12-18(25)7-10-20(21)23(17)31-15(2)3/h5-10,12-13,15,22H,4,11,14H2,1-3H3,(H,27,28). The fraction of sp³-hybridized carbons (Fsp3) is 0.333. The number of benzene rings is 2. The number of fused-ring (bicyclic) bond motifs is 1. The van der Waals surface area contributed by atoms with Crippen molar-refractivity contribution >= 4 is 28.5 Å². The van der Waals surface area contributed by atoms with Crippen LogP contribution >= 0.6 is 11.6 Å². The predicted molar refractivity (Wildman–Crippen MR) is 120 cm³/mol. The molecule has 0 aliphatic carbocycles. The summed E-state index contributed by atoms with van der Waals surface area (Å²) in [6.45, 7) is 6.35. The first kappa shape index (κ1) is 22.8. The summed E-state index contributed by atoms with van der Waals surface area (Å²) in [4.78, 5) is 15.8. The highest BCUT2D eigenvalue weighted by molar-refractivity contribution is 6.31. The Morgan fingerprint density at radius 3 is 2.55 bits per heavy atom. The number of rotatable bonds is 10. The number of carbonyl (C=O) groups is 1. The fourth-order valence-electron chi connectivity index (χ4n) is 3.18. The van der Waals surface area contributed by atoms with E-state index >= 15 is 0 Å². The fourth-order valence-corrected chi connectivity index (χ4v) is 3.34. The Bertz CT molecular complexity index is 1040. The van der Waals surface area contributed by atoms with Crippen molar-refractivity contribution in [3.05, 3.63) is 64.8 Å². The van der Waals surface area contributed by atoms with Crippen LogP contribution in [0.2, 0.25) is 5.02 Å². The highest BCUT2D eigenvalue weighted by Crippen LogP contribution is 2.32. The Kier molecular flexibility index (Phi) is 7.71. The predicted octanol–water partition coefficient (Wildman–Crippen LogP) is 5.29. The number of halogens is 1. The van der Waals surface area contributed by atoms with E-state index in [1.165, 1.54) is 0 Å². The van der Waals surface area contributed by atoms with Crippen molar-refractivity contribution in [2.45, 2.75) is 46.0 Å². The molecule has 164 valence electrons. The minimum atomic E-state index is -0.968. The zero-order valence-electron chi connectivity index (χ0n) is 17.8. The van der Waals surface area contributed by atoms with Gasteiger partial charge in [0.2, 0.25) is 0 Å². The Labute approximate surface area is 186 Å². The summed E-state index contributed by atoms with van der Waals surface area (Å²) in [6.07, 6.45) is 1.17. The van der Waals surface area contributed by atoms with Crippen LogP contribution in [-0.4, -0.2) is 34.9 Å². The Morgan fingerprint density at radius 2 is 1.90 bits per heavy atom. The zero-order chi connectivity index (χ0) is 22.4. The lowest BCUT2D eigenvalue weighted by Crippen LogP contribution is -2.26. The van der Waals surface area contributed by atoms with Crippen LogP contribution in [0.1, 0.15) is 31.9 Å². The molecule has 0 saturated carbocycles. The van der Waals surface area contributed by atoms with Gasteiger partial charge in [-0.1, -0.05) is 23.7 Å². The Hall–Kier alpha value is -2.83. The van der Waals surface area contributed by atoms with Gasteiger partial charge in [0.1, 0.15) is 18.1 Å². The minimum absolute atomic E-state index is 0.00756. The van der Waals surface area contributed by atoms with E-state index in [-0.39, 0.29) is 12.7 Å². The summed E-state index contributed by atoms with van der Waals surface area (Å²) in [6, 6.07) is 12.8. The molecule has 1 aromatic heterocycles. The van der Waals surface area contributed by atoms with Gasteiger partial charge in [0, 0.05) is 29.6 Å². The normalized spacial score (nSPS) is 12.2. The molecular weight excluding hydrogens is 418 g/mol. The van der Waals surface area contributed by atoms with Crippen molar-refractivity contribution in [2.24, 2.45) is 0 Å². The van der Waals surface area contributed by atoms with Crippen LogP contribution in [0.15, 0.2) is 48.7 Å². The van der Waals surface area contributed by atoms with Crippen LogP contribution in [0.5, 0.6) is 11.5 Å². The molecule has 0 aliphatic heterocycles. The monoisotopic (exact) mass is 443 g/mol. The quantitative estimate of drug-likeness (QED) is 0.459. The summed E-state index contributed by atoms with van der Waals surface area (Å²) < 4.78 is 17.3. The number of pyridine rings is 1. The molecule has 1 N–H and O–H groups in total. The van der Waals surface area contributed by atoms with Gasteiger partial charge < -0.3 is 19.3 Å². The molecule has 0 amide bonds. The lowest BCUT2D eigenvalue weighted by molar-refractivity contribution is -0.149. The van der Waals surface area contributed by atoms with E-state index in [2.05, 4.69) is 4.98 Å². The molecule has 31 heavy (non-hydrogen) atoms. The van der Waals surface area contributed by atoms with Crippen molar-refractivity contribution in [3.63, 3.8) is 0 Å². The van der Waals surface area contributed by atoms with Crippen molar-refractivity contribution in [1.29, 1.82) is 0 Å². The molecule has 0 saturated heterocycles. The number of carboxylic acid groups (broad SMARTS) is 1. The van der Waals surface area contributed by atoms with Crippen molar-refractivity contribution in [3.8, 4) is 11.5 Å². The summed E-state index contributed by atoms with van der Waals surface area (Å²) in [7, 11) is 0. The summed E-state index contributed by atoms with van der Waals surface area (Å²) in [5.74, 6) is 0.429. The molecule has 3 rings (SSSR count). The maximum Gasteiger partial charge on any atom is 0.333 e. The van der Waals surface area contributed by atoms with Crippen LogP contribution in [0, 0.1) is 0 Å².